The summed E-state index contributed by atoms with van der Waals surface area (Å²) in [6.07, 6.45) is -0.604. The van der Waals surface area contributed by atoms with Crippen LogP contribution in [-0.4, -0.2) is 35.3 Å². The minimum Gasteiger partial charge on any atom is -0.444 e. The lowest BCUT2D eigenvalue weighted by Gasteiger charge is -2.23. The number of carbonyl (C=O) groups excluding carboxylic acids is 3. The fraction of sp³-hybridized carbons (Fsp3) is 0.375. The van der Waals surface area contributed by atoms with E-state index < -0.39 is 23.6 Å². The van der Waals surface area contributed by atoms with Crippen molar-refractivity contribution in [3.05, 3.63) is 71.3 Å². The number of amides is 3. The van der Waals surface area contributed by atoms with E-state index in [0.717, 1.165) is 16.7 Å². The zero-order chi connectivity index (χ0) is 24.3. The fourth-order valence-corrected chi connectivity index (χ4v) is 3.76. The number of hydrogen-bond donors (Lipinski definition) is 4. The first-order chi connectivity index (χ1) is 15.7. The normalized spacial score (nSPS) is 11.9. The van der Waals surface area contributed by atoms with Gasteiger partial charge in [0.15, 0.2) is 0 Å². The molecular formula is C24H32N4O4S. The molecule has 178 valence electrons. The Morgan fingerprint density at radius 3 is 2.18 bits per heavy atom. The second-order valence-electron chi connectivity index (χ2n) is 8.43. The van der Waals surface area contributed by atoms with E-state index in [4.69, 9.17) is 10.5 Å². The van der Waals surface area contributed by atoms with E-state index in [1.54, 1.807) is 20.8 Å². The molecule has 0 aromatic heterocycles. The van der Waals surface area contributed by atoms with Crippen LogP contribution in [0, 0.1) is 0 Å². The molecule has 0 saturated heterocycles. The molecule has 0 bridgehead atoms. The van der Waals surface area contributed by atoms with Gasteiger partial charge in [0, 0.05) is 18.1 Å². The molecule has 0 fully saturated rings. The van der Waals surface area contributed by atoms with Crippen molar-refractivity contribution in [1.82, 2.24) is 16.2 Å². The molecular weight excluding hydrogens is 440 g/mol. The van der Waals surface area contributed by atoms with E-state index in [1.165, 1.54) is 11.8 Å². The second-order valence-corrected chi connectivity index (χ2v) is 9.46. The number of thioether (sulfide) groups is 1. The molecule has 5 N–H and O–H groups in total. The molecule has 2 aromatic rings. The summed E-state index contributed by atoms with van der Waals surface area (Å²) in [4.78, 5) is 37.2. The summed E-state index contributed by atoms with van der Waals surface area (Å²) in [5.74, 6) is 0.0624. The van der Waals surface area contributed by atoms with Crippen LogP contribution in [0.3, 0.4) is 0 Å². The van der Waals surface area contributed by atoms with Crippen LogP contribution in [0.25, 0.3) is 0 Å². The van der Waals surface area contributed by atoms with Gasteiger partial charge in [-0.25, -0.2) is 4.79 Å². The van der Waals surface area contributed by atoms with Gasteiger partial charge in [-0.3, -0.25) is 20.4 Å². The van der Waals surface area contributed by atoms with E-state index in [9.17, 15) is 14.4 Å². The summed E-state index contributed by atoms with van der Waals surface area (Å²) in [6.45, 7) is 5.65. The largest absolute Gasteiger partial charge is 0.444 e. The molecule has 0 heterocycles. The van der Waals surface area contributed by atoms with E-state index in [0.29, 0.717) is 18.1 Å². The van der Waals surface area contributed by atoms with Crippen molar-refractivity contribution >= 4 is 29.7 Å². The van der Waals surface area contributed by atoms with Crippen LogP contribution in [0.4, 0.5) is 4.79 Å². The molecule has 9 heteroatoms. The Kier molecular flexibility index (Phi) is 10.2. The number of hydrogen-bond acceptors (Lipinski definition) is 6. The van der Waals surface area contributed by atoms with Crippen LogP contribution in [0.1, 0.15) is 37.5 Å². The van der Waals surface area contributed by atoms with Crippen molar-refractivity contribution in [1.29, 1.82) is 0 Å². The van der Waals surface area contributed by atoms with Gasteiger partial charge < -0.3 is 15.8 Å². The molecule has 0 spiro atoms. The Morgan fingerprint density at radius 2 is 1.58 bits per heavy atom. The zero-order valence-corrected chi connectivity index (χ0v) is 20.0. The highest BCUT2D eigenvalue weighted by Gasteiger charge is 2.24. The maximum absolute atomic E-state index is 12.7. The maximum atomic E-state index is 12.7. The van der Waals surface area contributed by atoms with Crippen molar-refractivity contribution < 1.29 is 19.1 Å². The number of alkyl carbamates (subject to hydrolysis) is 1. The fourth-order valence-electron chi connectivity index (χ4n) is 2.74. The average Bonchev–Trinajstić information content (AvgIpc) is 2.77. The first-order valence-electron chi connectivity index (χ1n) is 10.6. The number of nitrogens with one attached hydrogen (secondary N) is 3. The number of rotatable bonds is 9. The predicted molar refractivity (Wildman–Crippen MR) is 130 cm³/mol. The van der Waals surface area contributed by atoms with Gasteiger partial charge in [-0.15, -0.1) is 0 Å². The number of ether oxygens (including phenoxy) is 1. The van der Waals surface area contributed by atoms with Crippen LogP contribution in [0.5, 0.6) is 0 Å². The summed E-state index contributed by atoms with van der Waals surface area (Å²) in [7, 11) is 0. The minimum absolute atomic E-state index is 0.0953. The van der Waals surface area contributed by atoms with Crippen LogP contribution in [0.15, 0.2) is 54.6 Å². The monoisotopic (exact) mass is 472 g/mol. The Bertz CT molecular complexity index is 914. The highest BCUT2D eigenvalue weighted by atomic mass is 32.2. The molecule has 33 heavy (non-hydrogen) atoms. The Balaban J connectivity index is 1.91. The zero-order valence-electron chi connectivity index (χ0n) is 19.2. The van der Waals surface area contributed by atoms with Gasteiger partial charge in [-0.1, -0.05) is 54.6 Å². The van der Waals surface area contributed by atoms with E-state index in [1.807, 2.05) is 54.6 Å². The standard InChI is InChI=1S/C24H32N4O4S/c1-24(2,3)32-23(31)26-20(16-33-15-19-7-5-4-6-8-19)22(30)28-27-21(29)13-17-9-11-18(14-25)12-10-17/h4-12,20H,13-16,25H2,1-3H3,(H,26,31)(H,27,29)(H,28,30)/t20-/m1/s1. The Hall–Kier alpha value is -3.04. The SMILES string of the molecule is CC(C)(C)OC(=O)N[C@H](CSCc1ccccc1)C(=O)NNC(=O)Cc1ccc(CN)cc1. The number of nitrogens with two attached hydrogens (primary N) is 1. The first-order valence-corrected chi connectivity index (χ1v) is 11.8. The molecule has 0 aliphatic rings. The summed E-state index contributed by atoms with van der Waals surface area (Å²) in [5, 5.41) is 2.59. The van der Waals surface area contributed by atoms with Crippen molar-refractivity contribution in [2.75, 3.05) is 5.75 Å². The van der Waals surface area contributed by atoms with E-state index in [2.05, 4.69) is 16.2 Å². The van der Waals surface area contributed by atoms with Crippen LogP contribution in [-0.2, 0) is 33.0 Å². The van der Waals surface area contributed by atoms with Gasteiger partial charge >= 0.3 is 6.09 Å². The van der Waals surface area contributed by atoms with Crippen LogP contribution < -0.4 is 21.9 Å². The molecule has 1 atom stereocenters. The van der Waals surface area contributed by atoms with Crippen molar-refractivity contribution in [3.63, 3.8) is 0 Å². The smallest absolute Gasteiger partial charge is 0.408 e. The second kappa shape index (κ2) is 12.9. The molecule has 2 aromatic carbocycles. The molecule has 0 radical (unpaired) electrons. The number of carbonyl (C=O) groups is 3. The predicted octanol–water partition coefficient (Wildman–Crippen LogP) is 2.66. The summed E-state index contributed by atoms with van der Waals surface area (Å²) in [6, 6.07) is 16.2. The van der Waals surface area contributed by atoms with E-state index in [-0.39, 0.29) is 12.3 Å². The lowest BCUT2D eigenvalue weighted by atomic mass is 10.1. The van der Waals surface area contributed by atoms with Gasteiger partial charge in [0.2, 0.25) is 5.91 Å². The quantitative estimate of drug-likeness (QED) is 0.416. The molecule has 0 unspecified atom stereocenters. The molecule has 8 nitrogen and oxygen atoms in total. The number of benzene rings is 2. The van der Waals surface area contributed by atoms with Crippen molar-refractivity contribution in [2.24, 2.45) is 5.73 Å². The van der Waals surface area contributed by atoms with Gasteiger partial charge in [0.05, 0.1) is 6.42 Å². The maximum Gasteiger partial charge on any atom is 0.408 e. The summed E-state index contributed by atoms with van der Waals surface area (Å²) in [5.41, 5.74) is 12.6. The highest BCUT2D eigenvalue weighted by molar-refractivity contribution is 7.98. The Labute approximate surface area is 199 Å². The van der Waals surface area contributed by atoms with Gasteiger partial charge in [0.25, 0.3) is 5.91 Å². The minimum atomic E-state index is -0.891. The van der Waals surface area contributed by atoms with Crippen LogP contribution in [0.2, 0.25) is 0 Å². The van der Waals surface area contributed by atoms with Crippen molar-refractivity contribution in [3.8, 4) is 0 Å². The molecule has 0 aliphatic carbocycles. The lowest BCUT2D eigenvalue weighted by molar-refractivity contribution is -0.129. The number of hydrazine groups is 1. The third-order valence-electron chi connectivity index (χ3n) is 4.35. The average molecular weight is 473 g/mol. The van der Waals surface area contributed by atoms with Crippen LogP contribution >= 0.6 is 11.8 Å². The lowest BCUT2D eigenvalue weighted by Crippen LogP contribution is -2.54. The molecule has 0 aliphatic heterocycles. The van der Waals surface area contributed by atoms with Gasteiger partial charge in [0.1, 0.15) is 11.6 Å². The summed E-state index contributed by atoms with van der Waals surface area (Å²) >= 11 is 1.49. The van der Waals surface area contributed by atoms with Gasteiger partial charge in [-0.05, 0) is 37.5 Å². The van der Waals surface area contributed by atoms with Crippen molar-refractivity contribution in [2.45, 2.75) is 51.1 Å². The highest BCUT2D eigenvalue weighted by Crippen LogP contribution is 2.14. The van der Waals surface area contributed by atoms with E-state index >= 15 is 0 Å². The molecule has 3 amide bonds. The third kappa shape index (κ3) is 10.4. The van der Waals surface area contributed by atoms with Gasteiger partial charge in [-0.2, -0.15) is 11.8 Å². The third-order valence-corrected chi connectivity index (χ3v) is 5.46. The first kappa shape index (κ1) is 26.2. The summed E-state index contributed by atoms with van der Waals surface area (Å²) < 4.78 is 5.27. The topological polar surface area (TPSA) is 123 Å². The Morgan fingerprint density at radius 1 is 0.939 bits per heavy atom. The molecule has 2 rings (SSSR count). The molecule has 0 saturated carbocycles.